The van der Waals surface area contributed by atoms with Gasteiger partial charge in [0.2, 0.25) is 5.91 Å². The number of hydrogen-bond donors (Lipinski definition) is 1. The summed E-state index contributed by atoms with van der Waals surface area (Å²) in [5, 5.41) is 10.5. The van der Waals surface area contributed by atoms with Crippen molar-refractivity contribution in [3.63, 3.8) is 0 Å². The molecular formula is C28H34ClFN2O4. The van der Waals surface area contributed by atoms with Crippen LogP contribution in [-0.2, 0) is 4.79 Å². The summed E-state index contributed by atoms with van der Waals surface area (Å²) in [5.41, 5.74) is 1.23. The Hall–Kier alpha value is -2.64. The second-order valence-electron chi connectivity index (χ2n) is 10.3. The van der Waals surface area contributed by atoms with Crippen molar-refractivity contribution in [2.45, 2.75) is 52.1 Å². The van der Waals surface area contributed by atoms with Crippen molar-refractivity contribution < 1.29 is 23.8 Å². The van der Waals surface area contributed by atoms with Gasteiger partial charge in [0, 0.05) is 43.0 Å². The third-order valence-electron chi connectivity index (χ3n) is 7.35. The van der Waals surface area contributed by atoms with E-state index in [1.54, 1.807) is 21.9 Å². The Morgan fingerprint density at radius 2 is 1.78 bits per heavy atom. The zero-order chi connectivity index (χ0) is 25.9. The standard InChI is InChI=1S/C28H34ClFN2O4/c1-19-14-22(15-20(2)26(19)29)36-18-28(16-25(34)31-12-8-21(33)9-13-31)10-5-11-32(17-28)27(35)23-6-3-4-7-24(23)30/h3-4,6-7,14-15,21,33H,5,8-13,16-18H2,1-2H3. The van der Waals surface area contributed by atoms with Crippen LogP contribution < -0.4 is 4.74 Å². The van der Waals surface area contributed by atoms with Gasteiger partial charge in [-0.2, -0.15) is 0 Å². The molecule has 0 saturated carbocycles. The van der Waals surface area contributed by atoms with Gasteiger partial charge in [0.25, 0.3) is 5.91 Å². The molecule has 2 aromatic rings. The summed E-state index contributed by atoms with van der Waals surface area (Å²) in [6.07, 6.45) is 2.38. The van der Waals surface area contributed by atoms with Crippen LogP contribution in [0.25, 0.3) is 0 Å². The number of carbonyl (C=O) groups is 2. The lowest BCUT2D eigenvalue weighted by atomic mass is 9.77. The third kappa shape index (κ3) is 6.01. The van der Waals surface area contributed by atoms with Crippen LogP contribution >= 0.6 is 11.6 Å². The molecule has 1 unspecified atom stereocenters. The van der Waals surface area contributed by atoms with Gasteiger partial charge in [-0.05, 0) is 74.9 Å². The highest BCUT2D eigenvalue weighted by molar-refractivity contribution is 6.32. The maximum Gasteiger partial charge on any atom is 0.256 e. The zero-order valence-electron chi connectivity index (χ0n) is 20.9. The molecule has 2 aromatic carbocycles. The highest BCUT2D eigenvalue weighted by Gasteiger charge is 2.41. The second kappa shape index (κ2) is 11.2. The molecule has 8 heteroatoms. The Labute approximate surface area is 217 Å². The van der Waals surface area contributed by atoms with E-state index in [4.69, 9.17) is 16.3 Å². The second-order valence-corrected chi connectivity index (χ2v) is 10.6. The molecule has 4 rings (SSSR count). The molecule has 0 aromatic heterocycles. The number of aliphatic hydroxyl groups is 1. The number of benzene rings is 2. The smallest absolute Gasteiger partial charge is 0.256 e. The molecule has 0 bridgehead atoms. The van der Waals surface area contributed by atoms with Crippen LogP contribution in [0, 0.1) is 25.1 Å². The number of aryl methyl sites for hydroxylation is 2. The number of nitrogens with zero attached hydrogens (tertiary/aromatic N) is 2. The Balaban J connectivity index is 1.56. The lowest BCUT2D eigenvalue weighted by molar-refractivity contribution is -0.137. The summed E-state index contributed by atoms with van der Waals surface area (Å²) < 4.78 is 20.6. The average Bonchev–Trinajstić information content (AvgIpc) is 2.86. The summed E-state index contributed by atoms with van der Waals surface area (Å²) in [4.78, 5) is 30.0. The Morgan fingerprint density at radius 1 is 1.11 bits per heavy atom. The molecule has 0 aliphatic carbocycles. The van der Waals surface area contributed by atoms with E-state index < -0.39 is 11.2 Å². The molecule has 194 valence electrons. The minimum Gasteiger partial charge on any atom is -0.493 e. The van der Waals surface area contributed by atoms with Gasteiger partial charge in [0.15, 0.2) is 0 Å². The van der Waals surface area contributed by atoms with E-state index in [9.17, 15) is 19.1 Å². The largest absolute Gasteiger partial charge is 0.493 e. The van der Waals surface area contributed by atoms with Crippen LogP contribution in [0.2, 0.25) is 5.02 Å². The highest BCUT2D eigenvalue weighted by Crippen LogP contribution is 2.37. The molecule has 2 aliphatic heterocycles. The van der Waals surface area contributed by atoms with Gasteiger partial charge < -0.3 is 19.6 Å². The van der Waals surface area contributed by atoms with Gasteiger partial charge in [0.05, 0.1) is 18.3 Å². The van der Waals surface area contributed by atoms with Gasteiger partial charge in [-0.3, -0.25) is 9.59 Å². The van der Waals surface area contributed by atoms with Crippen molar-refractivity contribution in [2.24, 2.45) is 5.41 Å². The number of likely N-dealkylation sites (tertiary alicyclic amines) is 2. The average molecular weight is 517 g/mol. The monoisotopic (exact) mass is 516 g/mol. The van der Waals surface area contributed by atoms with Gasteiger partial charge in [0.1, 0.15) is 11.6 Å². The summed E-state index contributed by atoms with van der Waals surface area (Å²) in [6.45, 7) is 5.92. The van der Waals surface area contributed by atoms with E-state index >= 15 is 0 Å². The summed E-state index contributed by atoms with van der Waals surface area (Å²) >= 11 is 6.32. The lowest BCUT2D eigenvalue weighted by Gasteiger charge is -2.43. The number of carbonyl (C=O) groups excluding carboxylic acids is 2. The van der Waals surface area contributed by atoms with Gasteiger partial charge >= 0.3 is 0 Å². The number of aliphatic hydroxyl groups excluding tert-OH is 1. The number of rotatable bonds is 6. The van der Waals surface area contributed by atoms with Crippen molar-refractivity contribution in [1.29, 1.82) is 0 Å². The molecule has 1 atom stereocenters. The lowest BCUT2D eigenvalue weighted by Crippen LogP contribution is -2.51. The van der Waals surface area contributed by atoms with Crippen LogP contribution in [-0.4, -0.2) is 65.6 Å². The summed E-state index contributed by atoms with van der Waals surface area (Å²) in [6, 6.07) is 9.74. The third-order valence-corrected chi connectivity index (χ3v) is 7.95. The maximum absolute atomic E-state index is 14.4. The molecule has 0 radical (unpaired) electrons. The van der Waals surface area contributed by atoms with E-state index in [0.717, 1.165) is 11.1 Å². The molecular weight excluding hydrogens is 483 g/mol. The van der Waals surface area contributed by atoms with Crippen LogP contribution in [0.4, 0.5) is 4.39 Å². The first-order valence-electron chi connectivity index (χ1n) is 12.6. The predicted molar refractivity (Wildman–Crippen MR) is 137 cm³/mol. The van der Waals surface area contributed by atoms with Crippen LogP contribution in [0.1, 0.15) is 53.6 Å². The molecule has 2 saturated heterocycles. The number of ether oxygens (including phenoxy) is 1. The van der Waals surface area contributed by atoms with E-state index in [-0.39, 0.29) is 36.5 Å². The number of halogens is 2. The van der Waals surface area contributed by atoms with Crippen molar-refractivity contribution in [3.8, 4) is 5.75 Å². The van der Waals surface area contributed by atoms with Crippen molar-refractivity contribution in [2.75, 3.05) is 32.8 Å². The summed E-state index contributed by atoms with van der Waals surface area (Å²) in [7, 11) is 0. The Bertz CT molecular complexity index is 1100. The Kier molecular flexibility index (Phi) is 8.20. The number of amides is 2. The van der Waals surface area contributed by atoms with Gasteiger partial charge in [-0.15, -0.1) is 0 Å². The van der Waals surface area contributed by atoms with Gasteiger partial charge in [-0.25, -0.2) is 4.39 Å². The molecule has 2 fully saturated rings. The van der Waals surface area contributed by atoms with Crippen molar-refractivity contribution >= 4 is 23.4 Å². The van der Waals surface area contributed by atoms with Crippen molar-refractivity contribution in [3.05, 3.63) is 63.9 Å². The Morgan fingerprint density at radius 3 is 2.44 bits per heavy atom. The fourth-order valence-corrected chi connectivity index (χ4v) is 5.38. The number of hydrogen-bond acceptors (Lipinski definition) is 4. The highest BCUT2D eigenvalue weighted by atomic mass is 35.5. The van der Waals surface area contributed by atoms with Crippen LogP contribution in [0.15, 0.2) is 36.4 Å². The quantitative estimate of drug-likeness (QED) is 0.600. The minimum absolute atomic E-state index is 0.00541. The number of piperidine rings is 2. The normalized spacial score (nSPS) is 20.9. The predicted octanol–water partition coefficient (Wildman–Crippen LogP) is 4.77. The fraction of sp³-hybridized carbons (Fsp3) is 0.500. The van der Waals surface area contributed by atoms with E-state index in [1.165, 1.54) is 12.1 Å². The molecule has 36 heavy (non-hydrogen) atoms. The zero-order valence-corrected chi connectivity index (χ0v) is 21.7. The van der Waals surface area contributed by atoms with Crippen LogP contribution in [0.3, 0.4) is 0 Å². The van der Waals surface area contributed by atoms with E-state index in [1.807, 2.05) is 26.0 Å². The first kappa shape index (κ1) is 26.4. The first-order valence-corrected chi connectivity index (χ1v) is 12.9. The fourth-order valence-electron chi connectivity index (χ4n) is 5.27. The van der Waals surface area contributed by atoms with E-state index in [2.05, 4.69) is 0 Å². The first-order chi connectivity index (χ1) is 17.2. The molecule has 2 amide bonds. The SMILES string of the molecule is Cc1cc(OCC2(CC(=O)N3CCC(O)CC3)CCCN(C(=O)c3ccccc3F)C2)cc(C)c1Cl. The van der Waals surface area contributed by atoms with Gasteiger partial charge in [-0.1, -0.05) is 23.7 Å². The van der Waals surface area contributed by atoms with E-state index in [0.29, 0.717) is 62.6 Å². The molecule has 2 heterocycles. The van der Waals surface area contributed by atoms with Crippen LogP contribution in [0.5, 0.6) is 5.75 Å². The topological polar surface area (TPSA) is 70.1 Å². The summed E-state index contributed by atoms with van der Waals surface area (Å²) in [5.74, 6) is -0.261. The maximum atomic E-state index is 14.4. The molecule has 0 spiro atoms. The molecule has 2 aliphatic rings. The minimum atomic E-state index is -0.617. The molecule has 6 nitrogen and oxygen atoms in total. The van der Waals surface area contributed by atoms with Crippen molar-refractivity contribution in [1.82, 2.24) is 9.80 Å². The molecule has 1 N–H and O–H groups in total.